The summed E-state index contributed by atoms with van der Waals surface area (Å²) in [6.07, 6.45) is 1.32. The molecule has 1 unspecified atom stereocenters. The van der Waals surface area contributed by atoms with Crippen LogP contribution in [0.15, 0.2) is 60.7 Å². The molecule has 1 saturated heterocycles. The lowest BCUT2D eigenvalue weighted by molar-refractivity contribution is -0.153. The quantitative estimate of drug-likeness (QED) is 0.928. The van der Waals surface area contributed by atoms with Gasteiger partial charge in [0.05, 0.1) is 11.3 Å². The molecular weight excluding hydrogens is 314 g/mol. The minimum absolute atomic E-state index is 0.0235. The predicted octanol–water partition coefficient (Wildman–Crippen LogP) is 3.53. The lowest BCUT2D eigenvalue weighted by Gasteiger charge is -2.39. The minimum atomic E-state index is -0.869. The second-order valence-corrected chi connectivity index (χ2v) is 6.98. The average Bonchev–Trinajstić information content (AvgIpc) is 2.63. The second kappa shape index (κ2) is 7.09. The van der Waals surface area contributed by atoms with Crippen molar-refractivity contribution in [1.29, 1.82) is 0 Å². The van der Waals surface area contributed by atoms with Gasteiger partial charge in [-0.05, 0) is 30.9 Å². The summed E-state index contributed by atoms with van der Waals surface area (Å²) in [6.45, 7) is 2.60. The Balaban J connectivity index is 1.94. The number of benzene rings is 2. The molecule has 1 atom stereocenters. The third-order valence-corrected chi connectivity index (χ3v) is 5.04. The van der Waals surface area contributed by atoms with Gasteiger partial charge in [0.15, 0.2) is 0 Å². The van der Waals surface area contributed by atoms with Crippen molar-refractivity contribution in [3.8, 4) is 0 Å². The number of nitrogens with zero attached hydrogens (tertiary/aromatic N) is 1. The Morgan fingerprint density at radius 1 is 1.00 bits per heavy atom. The molecule has 0 bridgehead atoms. The molecule has 1 heterocycles. The molecule has 4 nitrogen and oxygen atoms in total. The highest BCUT2D eigenvalue weighted by Gasteiger charge is 2.41. The highest BCUT2D eigenvalue weighted by molar-refractivity contribution is 5.88. The van der Waals surface area contributed by atoms with Crippen LogP contribution in [0.2, 0.25) is 0 Å². The van der Waals surface area contributed by atoms with E-state index < -0.39 is 17.3 Å². The Bertz CT molecular complexity index is 705. The summed E-state index contributed by atoms with van der Waals surface area (Å²) in [6, 6.07) is 19.4. The van der Waals surface area contributed by atoms with Gasteiger partial charge >= 0.3 is 5.97 Å². The topological polar surface area (TPSA) is 57.6 Å². The van der Waals surface area contributed by atoms with Crippen LogP contribution in [0, 0.1) is 5.41 Å². The Morgan fingerprint density at radius 3 is 2.00 bits per heavy atom. The third kappa shape index (κ3) is 3.58. The van der Waals surface area contributed by atoms with E-state index >= 15 is 0 Å². The van der Waals surface area contributed by atoms with Crippen molar-refractivity contribution in [2.45, 2.75) is 25.7 Å². The van der Waals surface area contributed by atoms with Crippen molar-refractivity contribution in [3.05, 3.63) is 71.8 Å². The standard InChI is InChI=1S/C21H23NO3/c1-21(20(24)25)13-8-14-22(15-21)19(23)18(16-9-4-2-5-10-16)17-11-6-3-7-12-17/h2-7,9-12,18H,8,13-15H2,1H3,(H,24,25). The largest absolute Gasteiger partial charge is 0.481 e. The van der Waals surface area contributed by atoms with Crippen molar-refractivity contribution >= 4 is 11.9 Å². The molecule has 1 amide bonds. The van der Waals surface area contributed by atoms with Crippen LogP contribution in [-0.4, -0.2) is 35.0 Å². The first kappa shape index (κ1) is 17.2. The van der Waals surface area contributed by atoms with Crippen molar-refractivity contribution in [1.82, 2.24) is 4.90 Å². The van der Waals surface area contributed by atoms with Crippen LogP contribution in [-0.2, 0) is 9.59 Å². The number of carboxylic acids is 1. The molecule has 0 saturated carbocycles. The number of likely N-dealkylation sites (tertiary alicyclic amines) is 1. The van der Waals surface area contributed by atoms with Crippen molar-refractivity contribution < 1.29 is 14.7 Å². The van der Waals surface area contributed by atoms with Gasteiger partial charge < -0.3 is 10.0 Å². The Hall–Kier alpha value is -2.62. The first-order chi connectivity index (χ1) is 12.0. The minimum Gasteiger partial charge on any atom is -0.481 e. The Morgan fingerprint density at radius 2 is 1.52 bits per heavy atom. The zero-order chi connectivity index (χ0) is 17.9. The Kier molecular flexibility index (Phi) is 4.88. The van der Waals surface area contributed by atoms with E-state index in [9.17, 15) is 14.7 Å². The van der Waals surface area contributed by atoms with Crippen LogP contribution in [0.3, 0.4) is 0 Å². The molecule has 0 radical (unpaired) electrons. The predicted molar refractivity (Wildman–Crippen MR) is 96.3 cm³/mol. The van der Waals surface area contributed by atoms with Crippen LogP contribution in [0.1, 0.15) is 36.8 Å². The van der Waals surface area contributed by atoms with Crippen molar-refractivity contribution in [3.63, 3.8) is 0 Å². The van der Waals surface area contributed by atoms with Gasteiger partial charge in [0.2, 0.25) is 5.91 Å². The van der Waals surface area contributed by atoms with E-state index in [1.165, 1.54) is 0 Å². The molecule has 1 fully saturated rings. The normalized spacial score (nSPS) is 20.5. The molecule has 1 aliphatic heterocycles. The Labute approximate surface area is 148 Å². The molecule has 0 aliphatic carbocycles. The number of carbonyl (C=O) groups excluding carboxylic acids is 1. The molecule has 130 valence electrons. The highest BCUT2D eigenvalue weighted by Crippen LogP contribution is 2.33. The van der Waals surface area contributed by atoms with Crippen LogP contribution >= 0.6 is 0 Å². The number of carboxylic acid groups (broad SMARTS) is 1. The van der Waals surface area contributed by atoms with E-state index in [4.69, 9.17) is 0 Å². The maximum Gasteiger partial charge on any atom is 0.311 e. The van der Waals surface area contributed by atoms with Gasteiger partial charge in [0.1, 0.15) is 0 Å². The molecule has 3 rings (SSSR count). The molecular formula is C21H23NO3. The number of amides is 1. The van der Waals surface area contributed by atoms with Gasteiger partial charge in [0.25, 0.3) is 0 Å². The van der Waals surface area contributed by atoms with E-state index in [0.717, 1.165) is 11.1 Å². The fourth-order valence-corrected chi connectivity index (χ4v) is 3.55. The first-order valence-electron chi connectivity index (χ1n) is 8.63. The number of carbonyl (C=O) groups is 2. The van der Waals surface area contributed by atoms with Gasteiger partial charge in [0, 0.05) is 13.1 Å². The van der Waals surface area contributed by atoms with E-state index in [1.54, 1.807) is 11.8 Å². The van der Waals surface area contributed by atoms with E-state index in [1.807, 2.05) is 60.7 Å². The third-order valence-electron chi connectivity index (χ3n) is 5.04. The van der Waals surface area contributed by atoms with Gasteiger partial charge in [-0.3, -0.25) is 9.59 Å². The smallest absolute Gasteiger partial charge is 0.311 e. The summed E-state index contributed by atoms with van der Waals surface area (Å²) in [5.41, 5.74) is 0.994. The fourth-order valence-electron chi connectivity index (χ4n) is 3.55. The van der Waals surface area contributed by atoms with Gasteiger partial charge in [-0.25, -0.2) is 0 Å². The average molecular weight is 337 g/mol. The molecule has 1 aliphatic rings. The lowest BCUT2D eigenvalue weighted by atomic mass is 9.81. The van der Waals surface area contributed by atoms with Gasteiger partial charge in [-0.15, -0.1) is 0 Å². The molecule has 25 heavy (non-hydrogen) atoms. The number of aliphatic carboxylic acids is 1. The van der Waals surface area contributed by atoms with Gasteiger partial charge in [-0.2, -0.15) is 0 Å². The SMILES string of the molecule is CC1(C(=O)O)CCCN(C(=O)C(c2ccccc2)c2ccccc2)C1. The van der Waals surface area contributed by atoms with E-state index in [-0.39, 0.29) is 12.5 Å². The van der Waals surface area contributed by atoms with Crippen molar-refractivity contribution in [2.75, 3.05) is 13.1 Å². The van der Waals surface area contributed by atoms with E-state index in [2.05, 4.69) is 0 Å². The maximum atomic E-state index is 13.3. The monoisotopic (exact) mass is 337 g/mol. The molecule has 1 N–H and O–H groups in total. The van der Waals surface area contributed by atoms with Crippen LogP contribution in [0.4, 0.5) is 0 Å². The first-order valence-corrected chi connectivity index (χ1v) is 8.63. The summed E-state index contributed by atoms with van der Waals surface area (Å²) in [4.78, 5) is 26.7. The van der Waals surface area contributed by atoms with Gasteiger partial charge in [-0.1, -0.05) is 60.7 Å². The number of rotatable bonds is 4. The van der Waals surface area contributed by atoms with E-state index in [0.29, 0.717) is 19.4 Å². The second-order valence-electron chi connectivity index (χ2n) is 6.98. The summed E-state index contributed by atoms with van der Waals surface area (Å²) in [7, 11) is 0. The van der Waals surface area contributed by atoms with Crippen LogP contribution < -0.4 is 0 Å². The fraction of sp³-hybridized carbons (Fsp3) is 0.333. The number of hydrogen-bond acceptors (Lipinski definition) is 2. The summed E-state index contributed by atoms with van der Waals surface area (Å²) < 4.78 is 0. The molecule has 0 aromatic heterocycles. The zero-order valence-electron chi connectivity index (χ0n) is 14.4. The lowest BCUT2D eigenvalue weighted by Crippen LogP contribution is -2.49. The molecule has 2 aromatic carbocycles. The maximum absolute atomic E-state index is 13.3. The van der Waals surface area contributed by atoms with Crippen LogP contribution in [0.5, 0.6) is 0 Å². The summed E-state index contributed by atoms with van der Waals surface area (Å²) >= 11 is 0. The summed E-state index contributed by atoms with van der Waals surface area (Å²) in [5.74, 6) is -1.26. The van der Waals surface area contributed by atoms with Crippen LogP contribution in [0.25, 0.3) is 0 Å². The molecule has 2 aromatic rings. The van der Waals surface area contributed by atoms with Crippen molar-refractivity contribution in [2.24, 2.45) is 5.41 Å². The molecule has 4 heteroatoms. The zero-order valence-corrected chi connectivity index (χ0v) is 14.4. The number of hydrogen-bond donors (Lipinski definition) is 1. The highest BCUT2D eigenvalue weighted by atomic mass is 16.4. The number of piperidine rings is 1. The summed E-state index contributed by atoms with van der Waals surface area (Å²) in [5, 5.41) is 9.53. The molecule has 0 spiro atoms.